The van der Waals surface area contributed by atoms with Crippen LogP contribution in [0.25, 0.3) is 0 Å². The summed E-state index contributed by atoms with van der Waals surface area (Å²) in [6, 6.07) is 0.287. The van der Waals surface area contributed by atoms with Crippen molar-refractivity contribution in [2.24, 2.45) is 0 Å². The standard InChI is InChI=1S/C17H33N3O/c1-4-5-6-7-8-9-10-11-13-20-14-12-18-17(20)19-16(2)15-21-3/h12,14,16H,4-11,13,15H2,1-3H3,(H,18,19). The van der Waals surface area contributed by atoms with Crippen LogP contribution in [0.4, 0.5) is 5.95 Å². The Morgan fingerprint density at radius 3 is 2.48 bits per heavy atom. The number of hydrogen-bond donors (Lipinski definition) is 1. The fourth-order valence-electron chi connectivity index (χ4n) is 2.56. The molecule has 0 aliphatic carbocycles. The van der Waals surface area contributed by atoms with Gasteiger partial charge < -0.3 is 14.6 Å². The third kappa shape index (κ3) is 8.10. The van der Waals surface area contributed by atoms with Crippen molar-refractivity contribution in [2.75, 3.05) is 19.0 Å². The van der Waals surface area contributed by atoms with Gasteiger partial charge in [-0.2, -0.15) is 0 Å². The highest BCUT2D eigenvalue weighted by Gasteiger charge is 2.06. The van der Waals surface area contributed by atoms with Crippen molar-refractivity contribution in [2.45, 2.75) is 77.8 Å². The molecule has 0 aromatic carbocycles. The first kappa shape index (κ1) is 18.0. The van der Waals surface area contributed by atoms with Crippen molar-refractivity contribution in [1.29, 1.82) is 0 Å². The van der Waals surface area contributed by atoms with Crippen LogP contribution in [0.15, 0.2) is 12.4 Å². The van der Waals surface area contributed by atoms with Crippen molar-refractivity contribution in [3.05, 3.63) is 12.4 Å². The summed E-state index contributed by atoms with van der Waals surface area (Å²) >= 11 is 0. The fraction of sp³-hybridized carbons (Fsp3) is 0.824. The molecule has 0 saturated carbocycles. The zero-order valence-electron chi connectivity index (χ0n) is 14.1. The van der Waals surface area contributed by atoms with Crippen LogP contribution < -0.4 is 5.32 Å². The van der Waals surface area contributed by atoms with Crippen LogP contribution in [-0.4, -0.2) is 29.3 Å². The van der Waals surface area contributed by atoms with E-state index in [1.807, 2.05) is 6.20 Å². The highest BCUT2D eigenvalue weighted by molar-refractivity contribution is 5.27. The molecule has 1 heterocycles. The summed E-state index contributed by atoms with van der Waals surface area (Å²) in [5, 5.41) is 3.39. The molecule has 1 atom stereocenters. The second kappa shape index (κ2) is 11.6. The minimum absolute atomic E-state index is 0.287. The molecule has 0 aliphatic heterocycles. The predicted molar refractivity (Wildman–Crippen MR) is 89.8 cm³/mol. The number of methoxy groups -OCH3 is 1. The molecular weight excluding hydrogens is 262 g/mol. The number of nitrogens with one attached hydrogen (secondary N) is 1. The molecule has 0 bridgehead atoms. The SMILES string of the molecule is CCCCCCCCCCn1ccnc1NC(C)COC. The third-order valence-electron chi connectivity index (χ3n) is 3.76. The van der Waals surface area contributed by atoms with Crippen molar-refractivity contribution in [3.8, 4) is 0 Å². The van der Waals surface area contributed by atoms with Gasteiger partial charge in [-0.15, -0.1) is 0 Å². The van der Waals surface area contributed by atoms with Crippen molar-refractivity contribution < 1.29 is 4.74 Å². The molecule has 1 aromatic heterocycles. The van der Waals surface area contributed by atoms with Gasteiger partial charge in [0.25, 0.3) is 0 Å². The number of anilines is 1. The Hall–Kier alpha value is -1.03. The molecule has 0 spiro atoms. The number of nitrogens with zero attached hydrogens (tertiary/aromatic N) is 2. The molecule has 0 radical (unpaired) electrons. The first-order chi connectivity index (χ1) is 10.3. The lowest BCUT2D eigenvalue weighted by atomic mass is 10.1. The number of hydrogen-bond acceptors (Lipinski definition) is 3. The van der Waals surface area contributed by atoms with Crippen molar-refractivity contribution in [1.82, 2.24) is 9.55 Å². The van der Waals surface area contributed by atoms with E-state index in [-0.39, 0.29) is 6.04 Å². The summed E-state index contributed by atoms with van der Waals surface area (Å²) in [6.07, 6.45) is 14.8. The summed E-state index contributed by atoms with van der Waals surface area (Å²) in [6.45, 7) is 6.13. The van der Waals surface area contributed by atoms with Crippen LogP contribution in [-0.2, 0) is 11.3 Å². The maximum Gasteiger partial charge on any atom is 0.203 e. The van der Waals surface area contributed by atoms with Gasteiger partial charge in [-0.05, 0) is 13.3 Å². The van der Waals surface area contributed by atoms with Gasteiger partial charge in [-0.25, -0.2) is 4.98 Å². The van der Waals surface area contributed by atoms with Crippen LogP contribution in [0.1, 0.15) is 65.2 Å². The van der Waals surface area contributed by atoms with Gasteiger partial charge >= 0.3 is 0 Å². The van der Waals surface area contributed by atoms with Gasteiger partial charge in [0.2, 0.25) is 5.95 Å². The Balaban J connectivity index is 2.13. The van der Waals surface area contributed by atoms with Crippen LogP contribution in [0.5, 0.6) is 0 Å². The summed E-state index contributed by atoms with van der Waals surface area (Å²) in [7, 11) is 1.73. The van der Waals surface area contributed by atoms with Crippen LogP contribution in [0.2, 0.25) is 0 Å². The molecule has 1 rings (SSSR count). The molecular formula is C17H33N3O. The van der Waals surface area contributed by atoms with Gasteiger partial charge in [0.1, 0.15) is 0 Å². The molecule has 0 amide bonds. The van der Waals surface area contributed by atoms with E-state index in [1.54, 1.807) is 7.11 Å². The van der Waals surface area contributed by atoms with Gasteiger partial charge in [0, 0.05) is 32.1 Å². The Morgan fingerprint density at radius 1 is 1.14 bits per heavy atom. The molecule has 1 N–H and O–H groups in total. The molecule has 122 valence electrons. The first-order valence-electron chi connectivity index (χ1n) is 8.54. The van der Waals surface area contributed by atoms with Crippen molar-refractivity contribution >= 4 is 5.95 Å². The maximum absolute atomic E-state index is 5.15. The third-order valence-corrected chi connectivity index (χ3v) is 3.76. The van der Waals surface area contributed by atoms with Gasteiger partial charge in [0.15, 0.2) is 0 Å². The number of rotatable bonds is 13. The number of unbranched alkanes of at least 4 members (excludes halogenated alkanes) is 7. The van der Waals surface area contributed by atoms with Crippen LogP contribution in [0.3, 0.4) is 0 Å². The average Bonchev–Trinajstić information content (AvgIpc) is 2.89. The molecule has 4 heteroatoms. The average molecular weight is 295 g/mol. The van der Waals surface area contributed by atoms with E-state index in [9.17, 15) is 0 Å². The number of aromatic nitrogens is 2. The minimum Gasteiger partial charge on any atom is -0.383 e. The lowest BCUT2D eigenvalue weighted by molar-refractivity contribution is 0.190. The smallest absolute Gasteiger partial charge is 0.203 e. The molecule has 0 saturated heterocycles. The number of ether oxygens (including phenoxy) is 1. The Labute approximate surface area is 130 Å². The van der Waals surface area contributed by atoms with E-state index in [4.69, 9.17) is 4.74 Å². The fourth-order valence-corrected chi connectivity index (χ4v) is 2.56. The van der Waals surface area contributed by atoms with Crippen molar-refractivity contribution in [3.63, 3.8) is 0 Å². The normalized spacial score (nSPS) is 12.5. The van der Waals surface area contributed by atoms with Crippen LogP contribution >= 0.6 is 0 Å². The van der Waals surface area contributed by atoms with E-state index in [0.717, 1.165) is 12.5 Å². The highest BCUT2D eigenvalue weighted by Crippen LogP contribution is 2.11. The molecule has 4 nitrogen and oxygen atoms in total. The largest absolute Gasteiger partial charge is 0.383 e. The van der Waals surface area contributed by atoms with E-state index in [0.29, 0.717) is 6.61 Å². The van der Waals surface area contributed by atoms with E-state index < -0.39 is 0 Å². The second-order valence-electron chi connectivity index (χ2n) is 5.92. The minimum atomic E-state index is 0.287. The Bertz CT molecular complexity index is 352. The monoisotopic (exact) mass is 295 g/mol. The zero-order valence-corrected chi connectivity index (χ0v) is 14.1. The zero-order chi connectivity index (χ0) is 15.3. The maximum atomic E-state index is 5.15. The molecule has 1 aromatic rings. The van der Waals surface area contributed by atoms with Gasteiger partial charge in [0.05, 0.1) is 6.61 Å². The highest BCUT2D eigenvalue weighted by atomic mass is 16.5. The lowest BCUT2D eigenvalue weighted by Crippen LogP contribution is -2.23. The van der Waals surface area contributed by atoms with Gasteiger partial charge in [-0.1, -0.05) is 51.9 Å². The van der Waals surface area contributed by atoms with Crippen LogP contribution in [0, 0.1) is 0 Å². The Kier molecular flexibility index (Phi) is 9.96. The second-order valence-corrected chi connectivity index (χ2v) is 5.92. The summed E-state index contributed by atoms with van der Waals surface area (Å²) in [5.41, 5.74) is 0. The molecule has 1 unspecified atom stereocenters. The Morgan fingerprint density at radius 2 is 1.81 bits per heavy atom. The van der Waals surface area contributed by atoms with E-state index >= 15 is 0 Å². The van der Waals surface area contributed by atoms with Gasteiger partial charge in [-0.3, -0.25) is 0 Å². The lowest BCUT2D eigenvalue weighted by Gasteiger charge is -2.15. The predicted octanol–water partition coefficient (Wildman–Crippen LogP) is 4.47. The van der Waals surface area contributed by atoms with E-state index in [2.05, 4.69) is 34.9 Å². The first-order valence-corrected chi connectivity index (χ1v) is 8.54. The van der Waals surface area contributed by atoms with E-state index in [1.165, 1.54) is 51.4 Å². The molecule has 21 heavy (non-hydrogen) atoms. The summed E-state index contributed by atoms with van der Waals surface area (Å²) < 4.78 is 7.36. The summed E-state index contributed by atoms with van der Waals surface area (Å²) in [5.74, 6) is 0.961. The number of aryl methyl sites for hydroxylation is 1. The molecule has 0 fully saturated rings. The summed E-state index contributed by atoms with van der Waals surface area (Å²) in [4.78, 5) is 4.38. The number of imidazole rings is 1. The topological polar surface area (TPSA) is 39.1 Å². The quantitative estimate of drug-likeness (QED) is 0.546. The molecule has 0 aliphatic rings.